The molecule has 2 heterocycles. The minimum Gasteiger partial charge on any atom is -0.457 e. The lowest BCUT2D eigenvalue weighted by atomic mass is 10.1. The van der Waals surface area contributed by atoms with Crippen LogP contribution in [0, 0.1) is 0 Å². The third-order valence-electron chi connectivity index (χ3n) is 10.6. The van der Waals surface area contributed by atoms with Crippen LogP contribution in [0.4, 0.5) is 11.4 Å². The molecule has 10 nitrogen and oxygen atoms in total. The van der Waals surface area contributed by atoms with E-state index in [2.05, 4.69) is 10.6 Å². The molecule has 60 heavy (non-hydrogen) atoms. The predicted molar refractivity (Wildman–Crippen MR) is 233 cm³/mol. The van der Waals surface area contributed by atoms with Gasteiger partial charge in [0.15, 0.2) is 0 Å². The monoisotopic (exact) mass is 796 g/mol. The lowest BCUT2D eigenvalue weighted by Gasteiger charge is -2.25. The number of rotatable bonds is 12. The Morgan fingerprint density at radius 3 is 1.23 bits per heavy atom. The molecule has 0 saturated carbocycles. The van der Waals surface area contributed by atoms with Crippen molar-refractivity contribution in [3.8, 4) is 23.0 Å². The second-order valence-corrected chi connectivity index (χ2v) is 14.7. The molecule has 0 radical (unpaired) electrons. The van der Waals surface area contributed by atoms with Gasteiger partial charge in [-0.1, -0.05) is 97.1 Å². The first-order chi connectivity index (χ1) is 29.4. The van der Waals surface area contributed by atoms with Crippen LogP contribution in [0.25, 0.3) is 12.2 Å². The Morgan fingerprint density at radius 1 is 0.467 bits per heavy atom. The van der Waals surface area contributed by atoms with E-state index in [1.807, 2.05) is 133 Å². The number of nitrogens with zero attached hydrogens (tertiary/aromatic N) is 2. The van der Waals surface area contributed by atoms with Crippen molar-refractivity contribution in [3.63, 3.8) is 0 Å². The second-order valence-electron chi connectivity index (χ2n) is 14.7. The van der Waals surface area contributed by atoms with Gasteiger partial charge in [0, 0.05) is 24.5 Å². The van der Waals surface area contributed by atoms with Crippen LogP contribution < -0.4 is 20.1 Å². The van der Waals surface area contributed by atoms with E-state index in [-0.39, 0.29) is 23.6 Å². The number of para-hydroxylation sites is 4. The number of likely N-dealkylation sites (tertiary alicyclic amines) is 2. The van der Waals surface area contributed by atoms with Crippen LogP contribution in [0.3, 0.4) is 0 Å². The Kier molecular flexibility index (Phi) is 12.1. The highest BCUT2D eigenvalue weighted by Crippen LogP contribution is 2.31. The number of carbonyl (C=O) groups excluding carboxylic acids is 4. The maximum Gasteiger partial charge on any atom is 0.258 e. The minimum atomic E-state index is -0.600. The average Bonchev–Trinajstić information content (AvgIpc) is 3.99. The molecule has 2 atom stereocenters. The highest BCUT2D eigenvalue weighted by Gasteiger charge is 2.37. The Morgan fingerprint density at radius 2 is 0.833 bits per heavy atom. The number of anilines is 2. The zero-order valence-electron chi connectivity index (χ0n) is 32.9. The molecule has 2 aliphatic heterocycles. The molecule has 6 aromatic carbocycles. The van der Waals surface area contributed by atoms with Crippen LogP contribution in [0.1, 0.15) is 57.5 Å². The van der Waals surface area contributed by atoms with Gasteiger partial charge in [-0.05, 0) is 110 Å². The Labute approximate surface area is 349 Å². The fourth-order valence-electron chi connectivity index (χ4n) is 7.57. The van der Waals surface area contributed by atoms with Crippen LogP contribution in [0.15, 0.2) is 158 Å². The topological polar surface area (TPSA) is 117 Å². The van der Waals surface area contributed by atoms with Gasteiger partial charge in [-0.15, -0.1) is 0 Å². The van der Waals surface area contributed by atoms with Crippen molar-refractivity contribution in [1.82, 2.24) is 9.80 Å². The molecule has 2 N–H and O–H groups in total. The molecule has 6 aromatic rings. The smallest absolute Gasteiger partial charge is 0.258 e. The van der Waals surface area contributed by atoms with Crippen LogP contribution in [-0.4, -0.2) is 58.6 Å². The van der Waals surface area contributed by atoms with Crippen molar-refractivity contribution in [2.45, 2.75) is 37.8 Å². The van der Waals surface area contributed by atoms with Crippen molar-refractivity contribution < 1.29 is 28.7 Å². The molecule has 300 valence electrons. The summed E-state index contributed by atoms with van der Waals surface area (Å²) in [6, 6.07) is 46.6. The Hall–Kier alpha value is -7.46. The largest absolute Gasteiger partial charge is 0.457 e. The first kappa shape index (κ1) is 39.4. The van der Waals surface area contributed by atoms with Crippen molar-refractivity contribution in [2.24, 2.45) is 0 Å². The zero-order valence-corrected chi connectivity index (χ0v) is 32.9. The average molecular weight is 797 g/mol. The zero-order chi connectivity index (χ0) is 41.3. The van der Waals surface area contributed by atoms with Gasteiger partial charge in [0.2, 0.25) is 11.8 Å². The van der Waals surface area contributed by atoms with Crippen molar-refractivity contribution >= 4 is 47.2 Å². The minimum absolute atomic E-state index is 0.233. The molecule has 4 amide bonds. The molecule has 0 spiro atoms. The van der Waals surface area contributed by atoms with Gasteiger partial charge in [-0.2, -0.15) is 0 Å². The van der Waals surface area contributed by atoms with Crippen molar-refractivity contribution in [3.05, 3.63) is 180 Å². The van der Waals surface area contributed by atoms with Gasteiger partial charge in [0.1, 0.15) is 35.1 Å². The van der Waals surface area contributed by atoms with Gasteiger partial charge in [0.05, 0.1) is 11.1 Å². The summed E-state index contributed by atoms with van der Waals surface area (Å²) >= 11 is 0. The first-order valence-corrected chi connectivity index (χ1v) is 20.2. The molecular weight excluding hydrogens is 753 g/mol. The van der Waals surface area contributed by atoms with Gasteiger partial charge < -0.3 is 29.9 Å². The number of hydrogen-bond acceptors (Lipinski definition) is 6. The number of benzene rings is 6. The maximum atomic E-state index is 13.7. The fourth-order valence-corrected chi connectivity index (χ4v) is 7.57. The molecule has 0 unspecified atom stereocenters. The lowest BCUT2D eigenvalue weighted by molar-refractivity contribution is -0.120. The standard InChI is InChI=1S/C50H44N4O6/c55-47(43-19-11-33-53(43)49(57)41-17-7-9-21-45(41)59-39-13-3-1-4-14-39)51-37-29-25-35(26-30-37)23-24-36-27-31-38(32-28-36)52-48(56)44-20-12-34-54(44)50(58)42-18-8-10-22-46(42)60-40-15-5-2-6-16-40/h1-10,13-18,21-32,43-44H,11-12,19-20,33-34H2,(H,51,55)(H,52,56)/b24-23+/t43-,44-/m0/s1. The summed E-state index contributed by atoms with van der Waals surface area (Å²) in [4.78, 5) is 57.7. The second kappa shape index (κ2) is 18.4. The first-order valence-electron chi connectivity index (χ1n) is 20.2. The summed E-state index contributed by atoms with van der Waals surface area (Å²) in [5, 5.41) is 5.99. The van der Waals surface area contributed by atoms with Crippen LogP contribution in [-0.2, 0) is 9.59 Å². The van der Waals surface area contributed by atoms with Gasteiger partial charge in [-0.3, -0.25) is 19.2 Å². The number of amides is 4. The number of ether oxygens (including phenoxy) is 2. The summed E-state index contributed by atoms with van der Waals surface area (Å²) < 4.78 is 12.1. The van der Waals surface area contributed by atoms with Crippen molar-refractivity contribution in [2.75, 3.05) is 23.7 Å². The van der Waals surface area contributed by atoms with Crippen molar-refractivity contribution in [1.29, 1.82) is 0 Å². The summed E-state index contributed by atoms with van der Waals surface area (Å²) in [7, 11) is 0. The normalized spacial score (nSPS) is 16.1. The number of hydrogen-bond donors (Lipinski definition) is 2. The third-order valence-corrected chi connectivity index (χ3v) is 10.6. The quantitative estimate of drug-likeness (QED) is 0.119. The summed E-state index contributed by atoms with van der Waals surface area (Å²) in [6.07, 6.45) is 6.53. The Bertz CT molecular complexity index is 2310. The van der Waals surface area contributed by atoms with Crippen LogP contribution in [0.2, 0.25) is 0 Å². The van der Waals surface area contributed by atoms with E-state index >= 15 is 0 Å². The molecule has 8 rings (SSSR count). The SMILES string of the molecule is O=C(Nc1ccc(/C=C/c2ccc(NC(=O)[C@@H]3CCCN3C(=O)c3ccccc3Oc3ccccc3)cc2)cc1)[C@@H]1CCCN1C(=O)c1ccccc1Oc1ccccc1. The molecule has 0 bridgehead atoms. The third kappa shape index (κ3) is 9.29. The number of carbonyl (C=O) groups is 4. The fraction of sp³-hybridized carbons (Fsp3) is 0.160. The van der Waals surface area contributed by atoms with Gasteiger partial charge >= 0.3 is 0 Å². The van der Waals surface area contributed by atoms with E-state index in [4.69, 9.17) is 9.47 Å². The highest BCUT2D eigenvalue weighted by atomic mass is 16.5. The predicted octanol–water partition coefficient (Wildman–Crippen LogP) is 9.93. The molecule has 10 heteroatoms. The molecule has 2 saturated heterocycles. The summed E-state index contributed by atoms with van der Waals surface area (Å²) in [5.41, 5.74) is 3.95. The van der Waals surface area contributed by atoms with E-state index < -0.39 is 12.1 Å². The van der Waals surface area contributed by atoms with E-state index in [0.717, 1.165) is 24.0 Å². The van der Waals surface area contributed by atoms with Crippen LogP contribution >= 0.6 is 0 Å². The molecular formula is C50H44N4O6. The van der Waals surface area contributed by atoms with E-state index in [1.54, 1.807) is 46.2 Å². The van der Waals surface area contributed by atoms with E-state index in [9.17, 15) is 19.2 Å². The Balaban J connectivity index is 0.842. The molecule has 0 aliphatic carbocycles. The lowest BCUT2D eigenvalue weighted by Crippen LogP contribution is -2.43. The van der Waals surface area contributed by atoms with Gasteiger partial charge in [0.25, 0.3) is 11.8 Å². The van der Waals surface area contributed by atoms with E-state index in [0.29, 0.717) is 71.4 Å². The molecule has 2 fully saturated rings. The summed E-state index contributed by atoms with van der Waals surface area (Å²) in [5.74, 6) is 1.20. The highest BCUT2D eigenvalue weighted by molar-refractivity contribution is 6.04. The molecule has 2 aliphatic rings. The van der Waals surface area contributed by atoms with Gasteiger partial charge in [-0.25, -0.2) is 0 Å². The maximum absolute atomic E-state index is 13.7. The summed E-state index contributed by atoms with van der Waals surface area (Å²) in [6.45, 7) is 0.963. The number of nitrogens with one attached hydrogen (secondary N) is 2. The van der Waals surface area contributed by atoms with E-state index in [1.165, 1.54) is 0 Å². The van der Waals surface area contributed by atoms with Crippen LogP contribution in [0.5, 0.6) is 23.0 Å². The molecule has 0 aromatic heterocycles.